The number of ether oxygens (including phenoxy) is 1. The topological polar surface area (TPSA) is 34.5 Å². The summed E-state index contributed by atoms with van der Waals surface area (Å²) in [7, 11) is 0. The van der Waals surface area contributed by atoms with Gasteiger partial charge in [-0.25, -0.2) is 4.99 Å². The van der Waals surface area contributed by atoms with Crippen LogP contribution in [0.3, 0.4) is 0 Å². The predicted octanol–water partition coefficient (Wildman–Crippen LogP) is 3.54. The zero-order valence-corrected chi connectivity index (χ0v) is 11.3. The third-order valence-electron chi connectivity index (χ3n) is 3.97. The van der Waals surface area contributed by atoms with Crippen molar-refractivity contribution in [3.63, 3.8) is 0 Å². The van der Waals surface area contributed by atoms with E-state index in [-0.39, 0.29) is 23.7 Å². The largest absolute Gasteiger partial charge is 0.470 e. The highest BCUT2D eigenvalue weighted by Crippen LogP contribution is 2.40. The van der Waals surface area contributed by atoms with Gasteiger partial charge >= 0.3 is 6.18 Å². The SMILES string of the molecule is FC(F)(F)c1ccnc(C2=N[C@@H]3c4ccccc4C[C@@H]3O2)c1. The molecule has 2 aliphatic rings. The zero-order valence-electron chi connectivity index (χ0n) is 11.3. The number of benzene rings is 1. The van der Waals surface area contributed by atoms with E-state index in [1.54, 1.807) is 0 Å². The van der Waals surface area contributed by atoms with Crippen molar-refractivity contribution in [3.8, 4) is 0 Å². The second kappa shape index (κ2) is 4.56. The van der Waals surface area contributed by atoms with Crippen molar-refractivity contribution >= 4 is 5.90 Å². The molecule has 0 N–H and O–H groups in total. The van der Waals surface area contributed by atoms with Crippen LogP contribution < -0.4 is 0 Å². The van der Waals surface area contributed by atoms with Crippen LogP contribution in [0.25, 0.3) is 0 Å². The maximum Gasteiger partial charge on any atom is 0.416 e. The smallest absolute Gasteiger partial charge is 0.416 e. The van der Waals surface area contributed by atoms with Crippen molar-refractivity contribution in [2.75, 3.05) is 0 Å². The van der Waals surface area contributed by atoms with Crippen molar-refractivity contribution in [1.82, 2.24) is 4.98 Å². The first-order chi connectivity index (χ1) is 10.5. The molecule has 1 aromatic carbocycles. The van der Waals surface area contributed by atoms with E-state index in [2.05, 4.69) is 9.98 Å². The molecule has 0 bridgehead atoms. The Bertz CT molecular complexity index is 770. The third kappa shape index (κ3) is 2.06. The number of aliphatic imine (C=N–C) groups is 1. The van der Waals surface area contributed by atoms with Gasteiger partial charge in [0.1, 0.15) is 17.8 Å². The number of pyridine rings is 1. The average molecular weight is 304 g/mol. The van der Waals surface area contributed by atoms with Gasteiger partial charge in [-0.1, -0.05) is 24.3 Å². The van der Waals surface area contributed by atoms with Crippen molar-refractivity contribution in [1.29, 1.82) is 0 Å². The number of halogens is 3. The standard InChI is InChI=1S/C16H11F3N2O/c17-16(18,19)10-5-6-20-12(8-10)15-21-14-11-4-2-1-3-9(11)7-13(14)22-15/h1-6,8,13-14H,7H2/t13-,14+/m0/s1. The third-order valence-corrected chi connectivity index (χ3v) is 3.97. The van der Waals surface area contributed by atoms with E-state index < -0.39 is 11.7 Å². The van der Waals surface area contributed by atoms with Gasteiger partial charge in [0, 0.05) is 12.6 Å². The zero-order chi connectivity index (χ0) is 15.3. The minimum atomic E-state index is -4.40. The van der Waals surface area contributed by atoms with E-state index in [0.29, 0.717) is 6.42 Å². The van der Waals surface area contributed by atoms with Crippen LogP contribution in [0.2, 0.25) is 0 Å². The van der Waals surface area contributed by atoms with Crippen LogP contribution in [0.5, 0.6) is 0 Å². The molecule has 0 radical (unpaired) electrons. The number of hydrogen-bond acceptors (Lipinski definition) is 3. The van der Waals surface area contributed by atoms with Crippen LogP contribution in [0.15, 0.2) is 47.6 Å². The summed E-state index contributed by atoms with van der Waals surface area (Å²) in [6.07, 6.45) is -2.71. The van der Waals surface area contributed by atoms with Crippen molar-refractivity contribution in [2.24, 2.45) is 4.99 Å². The van der Waals surface area contributed by atoms with Gasteiger partial charge in [0.2, 0.25) is 5.90 Å². The number of aromatic nitrogens is 1. The summed E-state index contributed by atoms with van der Waals surface area (Å²) in [5, 5.41) is 0. The lowest BCUT2D eigenvalue weighted by atomic mass is 10.1. The molecule has 0 unspecified atom stereocenters. The van der Waals surface area contributed by atoms with Crippen molar-refractivity contribution < 1.29 is 17.9 Å². The lowest BCUT2D eigenvalue weighted by Gasteiger charge is -2.10. The van der Waals surface area contributed by atoms with E-state index in [1.807, 2.05) is 24.3 Å². The van der Waals surface area contributed by atoms with Gasteiger partial charge in [-0.3, -0.25) is 4.98 Å². The lowest BCUT2D eigenvalue weighted by molar-refractivity contribution is -0.137. The monoisotopic (exact) mass is 304 g/mol. The van der Waals surface area contributed by atoms with Crippen LogP contribution in [-0.2, 0) is 17.3 Å². The Kier molecular flexibility index (Phi) is 2.76. The number of rotatable bonds is 1. The molecule has 112 valence electrons. The lowest BCUT2D eigenvalue weighted by Crippen LogP contribution is -2.15. The Morgan fingerprint density at radius 1 is 1.14 bits per heavy atom. The first kappa shape index (κ1) is 13.3. The van der Waals surface area contributed by atoms with Crippen LogP contribution in [0, 0.1) is 0 Å². The van der Waals surface area contributed by atoms with Gasteiger partial charge in [0.15, 0.2) is 0 Å². The summed E-state index contributed by atoms with van der Waals surface area (Å²) >= 11 is 0. The molecule has 2 atom stereocenters. The molecule has 1 aromatic heterocycles. The second-order valence-electron chi connectivity index (χ2n) is 5.37. The molecule has 4 rings (SSSR count). The fraction of sp³-hybridized carbons (Fsp3) is 0.250. The molecular formula is C16H11F3N2O. The van der Waals surface area contributed by atoms with Crippen LogP contribution in [0.1, 0.15) is 28.4 Å². The summed E-state index contributed by atoms with van der Waals surface area (Å²) in [4.78, 5) is 8.41. The van der Waals surface area contributed by atoms with E-state index >= 15 is 0 Å². The first-order valence-corrected chi connectivity index (χ1v) is 6.88. The molecule has 2 aromatic rings. The maximum absolute atomic E-state index is 12.8. The fourth-order valence-electron chi connectivity index (χ4n) is 2.95. The fourth-order valence-corrected chi connectivity index (χ4v) is 2.95. The van der Waals surface area contributed by atoms with Gasteiger partial charge in [-0.15, -0.1) is 0 Å². The molecule has 6 heteroatoms. The molecule has 0 spiro atoms. The Morgan fingerprint density at radius 2 is 1.95 bits per heavy atom. The molecule has 0 saturated heterocycles. The summed E-state index contributed by atoms with van der Waals surface area (Å²) < 4.78 is 44.1. The molecule has 22 heavy (non-hydrogen) atoms. The summed E-state index contributed by atoms with van der Waals surface area (Å²) in [6.45, 7) is 0. The van der Waals surface area contributed by atoms with Crippen molar-refractivity contribution in [3.05, 3.63) is 65.0 Å². The van der Waals surface area contributed by atoms with Crippen LogP contribution in [0.4, 0.5) is 13.2 Å². The van der Waals surface area contributed by atoms with Gasteiger partial charge in [-0.05, 0) is 23.3 Å². The molecule has 1 aliphatic heterocycles. The van der Waals surface area contributed by atoms with Crippen LogP contribution >= 0.6 is 0 Å². The molecule has 0 fully saturated rings. The normalized spacial score (nSPS) is 22.8. The molecule has 1 aliphatic carbocycles. The molecule has 0 saturated carbocycles. The quantitative estimate of drug-likeness (QED) is 0.807. The molecule has 0 amide bonds. The minimum Gasteiger partial charge on any atom is -0.470 e. The van der Waals surface area contributed by atoms with Crippen LogP contribution in [-0.4, -0.2) is 17.0 Å². The highest BCUT2D eigenvalue weighted by molar-refractivity contribution is 5.94. The predicted molar refractivity (Wildman–Crippen MR) is 73.5 cm³/mol. The molecular weight excluding hydrogens is 293 g/mol. The van der Waals surface area contributed by atoms with Gasteiger partial charge in [0.05, 0.1) is 5.56 Å². The Morgan fingerprint density at radius 3 is 2.77 bits per heavy atom. The average Bonchev–Trinajstić information content (AvgIpc) is 3.04. The summed E-state index contributed by atoms with van der Waals surface area (Å²) in [6, 6.07) is 9.66. The Hall–Kier alpha value is -2.37. The number of hydrogen-bond donors (Lipinski definition) is 0. The highest BCUT2D eigenvalue weighted by atomic mass is 19.4. The highest BCUT2D eigenvalue weighted by Gasteiger charge is 2.40. The van der Waals surface area contributed by atoms with E-state index in [9.17, 15) is 13.2 Å². The van der Waals surface area contributed by atoms with E-state index in [1.165, 1.54) is 5.56 Å². The Labute approximate surface area is 124 Å². The number of alkyl halides is 3. The maximum atomic E-state index is 12.8. The minimum absolute atomic E-state index is 0.127. The molecule has 3 nitrogen and oxygen atoms in total. The second-order valence-corrected chi connectivity index (χ2v) is 5.37. The molecule has 2 heterocycles. The van der Waals surface area contributed by atoms with Gasteiger partial charge in [-0.2, -0.15) is 13.2 Å². The van der Waals surface area contributed by atoms with Crippen molar-refractivity contribution in [2.45, 2.75) is 24.7 Å². The number of nitrogens with zero attached hydrogens (tertiary/aromatic N) is 2. The summed E-state index contributed by atoms with van der Waals surface area (Å²) in [5.41, 5.74) is 1.63. The van der Waals surface area contributed by atoms with E-state index in [0.717, 1.165) is 23.9 Å². The number of fused-ring (bicyclic) bond motifs is 3. The Balaban J connectivity index is 1.69. The first-order valence-electron chi connectivity index (χ1n) is 6.88. The van der Waals surface area contributed by atoms with E-state index in [4.69, 9.17) is 4.74 Å². The van der Waals surface area contributed by atoms with Gasteiger partial charge in [0.25, 0.3) is 0 Å². The van der Waals surface area contributed by atoms with Gasteiger partial charge < -0.3 is 4.74 Å². The summed E-state index contributed by atoms with van der Waals surface area (Å²) in [5.74, 6) is 0.190.